The molecule has 1 aromatic carbocycles. The van der Waals surface area contributed by atoms with E-state index in [1.54, 1.807) is 24.5 Å². The third kappa shape index (κ3) is 1.93. The molecule has 1 N–H and O–H groups in total. The van der Waals surface area contributed by atoms with Crippen LogP contribution in [0.5, 0.6) is 0 Å². The number of carboxylic acids is 1. The SMILES string of the molecule is CS(=O)c1ccc2sc(C(=O)O)cc2c1. The summed E-state index contributed by atoms with van der Waals surface area (Å²) in [6.07, 6.45) is 1.60. The van der Waals surface area contributed by atoms with E-state index < -0.39 is 16.8 Å². The average Bonchev–Trinajstić information content (AvgIpc) is 2.59. The summed E-state index contributed by atoms with van der Waals surface area (Å²) in [5.41, 5.74) is 0. The molecule has 0 aliphatic rings. The van der Waals surface area contributed by atoms with Gasteiger partial charge in [-0.25, -0.2) is 4.79 Å². The Bertz CT molecular complexity index is 545. The summed E-state index contributed by atoms with van der Waals surface area (Å²) in [5.74, 6) is -0.921. The zero-order valence-electron chi connectivity index (χ0n) is 7.89. The van der Waals surface area contributed by atoms with Gasteiger partial charge in [-0.3, -0.25) is 4.21 Å². The van der Waals surface area contributed by atoms with E-state index in [2.05, 4.69) is 0 Å². The summed E-state index contributed by atoms with van der Waals surface area (Å²) >= 11 is 1.23. The maximum atomic E-state index is 11.2. The van der Waals surface area contributed by atoms with Crippen LogP contribution in [0.15, 0.2) is 29.2 Å². The van der Waals surface area contributed by atoms with Gasteiger partial charge in [0.25, 0.3) is 0 Å². The summed E-state index contributed by atoms with van der Waals surface area (Å²) in [6.45, 7) is 0. The molecule has 2 aromatic rings. The molecule has 0 aliphatic heterocycles. The van der Waals surface area contributed by atoms with E-state index in [0.29, 0.717) is 4.88 Å². The van der Waals surface area contributed by atoms with Gasteiger partial charge in [0.1, 0.15) is 4.88 Å². The molecule has 15 heavy (non-hydrogen) atoms. The second kappa shape index (κ2) is 3.75. The maximum Gasteiger partial charge on any atom is 0.345 e. The molecule has 5 heteroatoms. The van der Waals surface area contributed by atoms with E-state index in [0.717, 1.165) is 15.0 Å². The van der Waals surface area contributed by atoms with Crippen LogP contribution in [0.4, 0.5) is 0 Å². The van der Waals surface area contributed by atoms with Gasteiger partial charge >= 0.3 is 5.97 Å². The number of carboxylic acid groups (broad SMARTS) is 1. The van der Waals surface area contributed by atoms with E-state index in [1.165, 1.54) is 11.3 Å². The highest BCUT2D eigenvalue weighted by Crippen LogP contribution is 2.27. The lowest BCUT2D eigenvalue weighted by Gasteiger charge is -1.94. The molecule has 78 valence electrons. The van der Waals surface area contributed by atoms with Crippen molar-refractivity contribution in [2.75, 3.05) is 6.26 Å². The standard InChI is InChI=1S/C10H8O3S2/c1-15(13)7-2-3-8-6(4-7)5-9(14-8)10(11)12/h2-5H,1H3,(H,11,12). The molecule has 2 rings (SSSR count). The zero-order valence-corrected chi connectivity index (χ0v) is 9.52. The van der Waals surface area contributed by atoms with E-state index in [1.807, 2.05) is 6.07 Å². The van der Waals surface area contributed by atoms with Gasteiger partial charge in [0.15, 0.2) is 0 Å². The molecule has 0 saturated carbocycles. The monoisotopic (exact) mass is 240 g/mol. The summed E-state index contributed by atoms with van der Waals surface area (Å²) in [7, 11) is -1.03. The Labute approximate surface area is 92.8 Å². The molecule has 0 spiro atoms. The lowest BCUT2D eigenvalue weighted by Crippen LogP contribution is -1.89. The van der Waals surface area contributed by atoms with Gasteiger partial charge in [0.2, 0.25) is 0 Å². The molecule has 1 unspecified atom stereocenters. The minimum Gasteiger partial charge on any atom is -0.477 e. The Hall–Kier alpha value is -1.20. The molecule has 1 aromatic heterocycles. The van der Waals surface area contributed by atoms with Crippen LogP contribution in [-0.2, 0) is 10.8 Å². The summed E-state index contributed by atoms with van der Waals surface area (Å²) in [6, 6.07) is 6.96. The van der Waals surface area contributed by atoms with Gasteiger partial charge in [-0.05, 0) is 29.7 Å². The lowest BCUT2D eigenvalue weighted by atomic mass is 10.2. The third-order valence-electron chi connectivity index (χ3n) is 2.03. The number of rotatable bonds is 2. The Morgan fingerprint density at radius 3 is 2.73 bits per heavy atom. The third-order valence-corrected chi connectivity index (χ3v) is 4.05. The highest BCUT2D eigenvalue weighted by atomic mass is 32.2. The highest BCUT2D eigenvalue weighted by Gasteiger charge is 2.09. The van der Waals surface area contributed by atoms with Gasteiger partial charge in [0, 0.05) is 26.7 Å². The smallest absolute Gasteiger partial charge is 0.345 e. The van der Waals surface area contributed by atoms with Crippen LogP contribution < -0.4 is 0 Å². The molecule has 0 amide bonds. The van der Waals surface area contributed by atoms with Crippen molar-refractivity contribution in [3.63, 3.8) is 0 Å². The van der Waals surface area contributed by atoms with Crippen LogP contribution in [-0.4, -0.2) is 21.5 Å². The first-order valence-electron chi connectivity index (χ1n) is 4.18. The fourth-order valence-electron chi connectivity index (χ4n) is 1.31. The normalized spacial score (nSPS) is 12.9. The first kappa shape index (κ1) is 10.3. The van der Waals surface area contributed by atoms with E-state index in [9.17, 15) is 9.00 Å². The predicted molar refractivity (Wildman–Crippen MR) is 61.1 cm³/mol. The number of hydrogen-bond donors (Lipinski definition) is 1. The summed E-state index contributed by atoms with van der Waals surface area (Å²) in [4.78, 5) is 11.8. The largest absolute Gasteiger partial charge is 0.477 e. The molecule has 0 radical (unpaired) electrons. The van der Waals surface area contributed by atoms with Crippen LogP contribution in [0.1, 0.15) is 9.67 Å². The fourth-order valence-corrected chi connectivity index (χ4v) is 2.74. The van der Waals surface area contributed by atoms with Crippen molar-refractivity contribution in [3.05, 3.63) is 29.1 Å². The summed E-state index contributed by atoms with van der Waals surface area (Å²) < 4.78 is 12.1. The molecule has 0 bridgehead atoms. The molecule has 1 atom stereocenters. The van der Waals surface area contributed by atoms with Crippen molar-refractivity contribution in [1.29, 1.82) is 0 Å². The highest BCUT2D eigenvalue weighted by molar-refractivity contribution is 7.84. The van der Waals surface area contributed by atoms with Crippen LogP contribution in [0, 0.1) is 0 Å². The number of aromatic carboxylic acids is 1. The van der Waals surface area contributed by atoms with Crippen LogP contribution in [0.3, 0.4) is 0 Å². The predicted octanol–water partition coefficient (Wildman–Crippen LogP) is 2.34. The number of thiophene rings is 1. The molecule has 3 nitrogen and oxygen atoms in total. The van der Waals surface area contributed by atoms with Crippen molar-refractivity contribution in [2.24, 2.45) is 0 Å². The Balaban J connectivity index is 2.62. The molecule has 0 fully saturated rings. The first-order chi connectivity index (χ1) is 7.08. The Morgan fingerprint density at radius 2 is 2.13 bits per heavy atom. The van der Waals surface area contributed by atoms with Crippen molar-refractivity contribution in [1.82, 2.24) is 0 Å². The molecule has 0 aliphatic carbocycles. The van der Waals surface area contributed by atoms with Gasteiger partial charge in [-0.15, -0.1) is 11.3 Å². The zero-order chi connectivity index (χ0) is 11.0. The minimum absolute atomic E-state index is 0.309. The lowest BCUT2D eigenvalue weighted by molar-refractivity contribution is 0.0702. The Morgan fingerprint density at radius 1 is 1.40 bits per heavy atom. The van der Waals surface area contributed by atoms with Crippen LogP contribution in [0.25, 0.3) is 10.1 Å². The molecular weight excluding hydrogens is 232 g/mol. The Kier molecular flexibility index (Phi) is 2.58. The molecular formula is C10H8O3S2. The van der Waals surface area contributed by atoms with Crippen molar-refractivity contribution in [3.8, 4) is 0 Å². The van der Waals surface area contributed by atoms with E-state index in [-0.39, 0.29) is 0 Å². The van der Waals surface area contributed by atoms with E-state index in [4.69, 9.17) is 5.11 Å². The van der Waals surface area contributed by atoms with Crippen molar-refractivity contribution >= 4 is 38.2 Å². The number of fused-ring (bicyclic) bond motifs is 1. The fraction of sp³-hybridized carbons (Fsp3) is 0.100. The van der Waals surface area contributed by atoms with Crippen molar-refractivity contribution in [2.45, 2.75) is 4.90 Å². The van der Waals surface area contributed by atoms with Gasteiger partial charge in [-0.2, -0.15) is 0 Å². The van der Waals surface area contributed by atoms with Gasteiger partial charge < -0.3 is 5.11 Å². The molecule has 1 heterocycles. The second-order valence-electron chi connectivity index (χ2n) is 3.07. The average molecular weight is 240 g/mol. The maximum absolute atomic E-state index is 11.2. The van der Waals surface area contributed by atoms with Crippen LogP contribution >= 0.6 is 11.3 Å². The number of benzene rings is 1. The summed E-state index contributed by atoms with van der Waals surface area (Å²) in [5, 5.41) is 9.65. The topological polar surface area (TPSA) is 54.4 Å². The quantitative estimate of drug-likeness (QED) is 0.876. The van der Waals surface area contributed by atoms with Gasteiger partial charge in [-0.1, -0.05) is 0 Å². The second-order valence-corrected chi connectivity index (χ2v) is 5.53. The van der Waals surface area contributed by atoms with Gasteiger partial charge in [0.05, 0.1) is 0 Å². The minimum atomic E-state index is -1.03. The number of carbonyl (C=O) groups is 1. The first-order valence-corrected chi connectivity index (χ1v) is 6.55. The van der Waals surface area contributed by atoms with E-state index >= 15 is 0 Å². The molecule has 0 saturated heterocycles. The van der Waals surface area contributed by atoms with Crippen molar-refractivity contribution < 1.29 is 14.1 Å². The van der Waals surface area contributed by atoms with Crippen LogP contribution in [0.2, 0.25) is 0 Å². The number of hydrogen-bond acceptors (Lipinski definition) is 3.